The number of nitrogens with one attached hydrogen (secondary N) is 2. The van der Waals surface area contributed by atoms with E-state index >= 15 is 0 Å². The molecule has 0 atom stereocenters. The van der Waals surface area contributed by atoms with Crippen molar-refractivity contribution in [2.75, 3.05) is 11.1 Å². The number of carbonyl (C=O) groups excluding carboxylic acids is 1. The molecule has 0 fully saturated rings. The van der Waals surface area contributed by atoms with Gasteiger partial charge in [0.25, 0.3) is 5.56 Å². The van der Waals surface area contributed by atoms with E-state index in [1.807, 2.05) is 30.3 Å². The third-order valence-electron chi connectivity index (χ3n) is 3.21. The highest BCUT2D eigenvalue weighted by Crippen LogP contribution is 2.19. The lowest BCUT2D eigenvalue weighted by Crippen LogP contribution is -2.17. The number of thiazole rings is 1. The molecule has 0 radical (unpaired) electrons. The minimum atomic E-state index is -0.417. The smallest absolute Gasteiger partial charge is 0.258 e. The molecule has 2 aromatic heterocycles. The van der Waals surface area contributed by atoms with Crippen molar-refractivity contribution in [1.29, 1.82) is 0 Å². The van der Waals surface area contributed by atoms with Crippen LogP contribution in [0.5, 0.6) is 5.88 Å². The van der Waals surface area contributed by atoms with Crippen molar-refractivity contribution >= 4 is 34.1 Å². The summed E-state index contributed by atoms with van der Waals surface area (Å²) in [7, 11) is 0. The SMILES string of the molecule is O=C(CSc1nc(O)c(Cc2ccccc2)c(=O)[nH]1)Nc1nccs1. The lowest BCUT2D eigenvalue weighted by Gasteiger charge is -2.06. The zero-order valence-electron chi connectivity index (χ0n) is 12.9. The van der Waals surface area contributed by atoms with Crippen LogP contribution in [0.25, 0.3) is 0 Å². The van der Waals surface area contributed by atoms with Crippen LogP contribution in [0.4, 0.5) is 5.13 Å². The highest BCUT2D eigenvalue weighted by molar-refractivity contribution is 7.99. The van der Waals surface area contributed by atoms with E-state index in [2.05, 4.69) is 20.3 Å². The summed E-state index contributed by atoms with van der Waals surface area (Å²) >= 11 is 2.35. The van der Waals surface area contributed by atoms with Gasteiger partial charge in [-0.2, -0.15) is 4.98 Å². The summed E-state index contributed by atoms with van der Waals surface area (Å²) in [6, 6.07) is 9.33. The van der Waals surface area contributed by atoms with Gasteiger partial charge in [0.05, 0.1) is 11.3 Å². The number of rotatable bonds is 6. The number of benzene rings is 1. The van der Waals surface area contributed by atoms with E-state index in [4.69, 9.17) is 0 Å². The highest BCUT2D eigenvalue weighted by atomic mass is 32.2. The molecular formula is C16H14N4O3S2. The first-order valence-electron chi connectivity index (χ1n) is 7.30. The second-order valence-electron chi connectivity index (χ2n) is 5.01. The van der Waals surface area contributed by atoms with Crippen molar-refractivity contribution < 1.29 is 9.90 Å². The summed E-state index contributed by atoms with van der Waals surface area (Å²) in [5, 5.41) is 15.1. The molecule has 1 amide bonds. The van der Waals surface area contributed by atoms with Crippen LogP contribution >= 0.6 is 23.1 Å². The van der Waals surface area contributed by atoms with Crippen LogP contribution < -0.4 is 10.9 Å². The second kappa shape index (κ2) is 7.95. The third-order valence-corrected chi connectivity index (χ3v) is 4.78. The molecule has 128 valence electrons. The van der Waals surface area contributed by atoms with E-state index in [1.165, 1.54) is 11.3 Å². The van der Waals surface area contributed by atoms with Gasteiger partial charge in [-0.1, -0.05) is 42.1 Å². The average molecular weight is 374 g/mol. The molecule has 0 aliphatic carbocycles. The number of aromatic amines is 1. The zero-order chi connectivity index (χ0) is 17.6. The molecule has 2 heterocycles. The molecule has 0 spiro atoms. The number of hydrogen-bond donors (Lipinski definition) is 3. The minimum absolute atomic E-state index is 0.0417. The molecule has 0 aliphatic rings. The summed E-state index contributed by atoms with van der Waals surface area (Å²) < 4.78 is 0. The average Bonchev–Trinajstić information content (AvgIpc) is 3.10. The first kappa shape index (κ1) is 17.2. The van der Waals surface area contributed by atoms with Gasteiger partial charge in [-0.05, 0) is 5.56 Å². The molecular weight excluding hydrogens is 360 g/mol. The molecule has 25 heavy (non-hydrogen) atoms. The number of anilines is 1. The molecule has 7 nitrogen and oxygen atoms in total. The Morgan fingerprint density at radius 2 is 2.12 bits per heavy atom. The first-order valence-corrected chi connectivity index (χ1v) is 9.16. The van der Waals surface area contributed by atoms with Crippen molar-refractivity contribution in [1.82, 2.24) is 15.0 Å². The van der Waals surface area contributed by atoms with Gasteiger partial charge in [0.1, 0.15) is 0 Å². The van der Waals surface area contributed by atoms with Gasteiger partial charge in [-0.15, -0.1) is 11.3 Å². The van der Waals surface area contributed by atoms with Crippen LogP contribution in [-0.2, 0) is 11.2 Å². The van der Waals surface area contributed by atoms with Crippen LogP contribution in [-0.4, -0.2) is 31.7 Å². The van der Waals surface area contributed by atoms with E-state index in [0.29, 0.717) is 5.13 Å². The van der Waals surface area contributed by atoms with Crippen molar-refractivity contribution in [3.8, 4) is 5.88 Å². The second-order valence-corrected chi connectivity index (χ2v) is 6.87. The Morgan fingerprint density at radius 1 is 1.32 bits per heavy atom. The molecule has 3 aromatic rings. The highest BCUT2D eigenvalue weighted by Gasteiger charge is 2.13. The van der Waals surface area contributed by atoms with Crippen molar-refractivity contribution in [3.05, 3.63) is 63.4 Å². The molecule has 1 aromatic carbocycles. The summed E-state index contributed by atoms with van der Waals surface area (Å²) in [5.74, 6) is -0.550. The van der Waals surface area contributed by atoms with Crippen molar-refractivity contribution in [2.45, 2.75) is 11.6 Å². The monoisotopic (exact) mass is 374 g/mol. The van der Waals surface area contributed by atoms with Gasteiger partial charge in [0.2, 0.25) is 11.8 Å². The maximum absolute atomic E-state index is 12.2. The zero-order valence-corrected chi connectivity index (χ0v) is 14.6. The number of thioether (sulfide) groups is 1. The molecule has 0 saturated heterocycles. The predicted octanol–water partition coefficient (Wildman–Crippen LogP) is 2.25. The van der Waals surface area contributed by atoms with Crippen LogP contribution in [0.3, 0.4) is 0 Å². The molecule has 0 bridgehead atoms. The Labute approximate surface area is 151 Å². The molecule has 3 N–H and O–H groups in total. The number of H-pyrrole nitrogens is 1. The Bertz CT molecular complexity index is 911. The Morgan fingerprint density at radius 3 is 2.80 bits per heavy atom. The van der Waals surface area contributed by atoms with Gasteiger partial charge in [-0.25, -0.2) is 4.98 Å². The molecule has 3 rings (SSSR count). The van der Waals surface area contributed by atoms with Gasteiger partial charge in [0.15, 0.2) is 10.3 Å². The lowest BCUT2D eigenvalue weighted by molar-refractivity contribution is -0.113. The van der Waals surface area contributed by atoms with Gasteiger partial charge >= 0.3 is 0 Å². The number of hydrogen-bond acceptors (Lipinski definition) is 7. The number of carbonyl (C=O) groups is 1. The summed E-state index contributed by atoms with van der Waals surface area (Å²) in [6.45, 7) is 0. The number of amides is 1. The van der Waals surface area contributed by atoms with E-state index in [1.54, 1.807) is 11.6 Å². The Kier molecular flexibility index (Phi) is 5.46. The quantitative estimate of drug-likeness (QED) is 0.451. The van der Waals surface area contributed by atoms with E-state index in [0.717, 1.165) is 17.3 Å². The third kappa shape index (κ3) is 4.68. The van der Waals surface area contributed by atoms with E-state index < -0.39 is 5.56 Å². The topological polar surface area (TPSA) is 108 Å². The maximum Gasteiger partial charge on any atom is 0.258 e. The van der Waals surface area contributed by atoms with Gasteiger partial charge in [-0.3, -0.25) is 9.59 Å². The summed E-state index contributed by atoms with van der Waals surface area (Å²) in [5.41, 5.74) is 0.676. The normalized spacial score (nSPS) is 10.6. The van der Waals surface area contributed by atoms with Gasteiger partial charge < -0.3 is 15.4 Å². The first-order chi connectivity index (χ1) is 12.1. The summed E-state index contributed by atoms with van der Waals surface area (Å²) in [6.07, 6.45) is 1.88. The van der Waals surface area contributed by atoms with Crippen LogP contribution in [0.15, 0.2) is 51.9 Å². The molecule has 9 heteroatoms. The Hall–Kier alpha value is -2.65. The van der Waals surface area contributed by atoms with Crippen LogP contribution in [0.2, 0.25) is 0 Å². The standard InChI is InChI=1S/C16H14N4O3S2/c21-12(18-15-17-6-7-24-15)9-25-16-19-13(22)11(14(23)20-16)8-10-4-2-1-3-5-10/h1-7H,8-9H2,(H,17,18,21)(H2,19,20,22,23). The lowest BCUT2D eigenvalue weighted by atomic mass is 10.1. The van der Waals surface area contributed by atoms with Crippen LogP contribution in [0, 0.1) is 0 Å². The fourth-order valence-electron chi connectivity index (χ4n) is 2.07. The largest absolute Gasteiger partial charge is 0.493 e. The van der Waals surface area contributed by atoms with Crippen LogP contribution in [0.1, 0.15) is 11.1 Å². The number of nitrogens with zero attached hydrogens (tertiary/aromatic N) is 2. The van der Waals surface area contributed by atoms with Crippen molar-refractivity contribution in [3.63, 3.8) is 0 Å². The molecule has 0 aliphatic heterocycles. The minimum Gasteiger partial charge on any atom is -0.493 e. The Balaban J connectivity index is 1.65. The fraction of sp³-hybridized carbons (Fsp3) is 0.125. The molecule has 0 unspecified atom stereocenters. The number of aromatic nitrogens is 3. The molecule has 0 saturated carbocycles. The predicted molar refractivity (Wildman–Crippen MR) is 97.2 cm³/mol. The maximum atomic E-state index is 12.2. The summed E-state index contributed by atoms with van der Waals surface area (Å²) in [4.78, 5) is 34.5. The van der Waals surface area contributed by atoms with Crippen molar-refractivity contribution in [2.24, 2.45) is 0 Å². The number of aromatic hydroxyl groups is 1. The fourth-order valence-corrected chi connectivity index (χ4v) is 3.27. The van der Waals surface area contributed by atoms with Gasteiger partial charge in [0, 0.05) is 18.0 Å². The van der Waals surface area contributed by atoms with E-state index in [-0.39, 0.29) is 34.7 Å². The van der Waals surface area contributed by atoms with E-state index in [9.17, 15) is 14.7 Å².